The van der Waals surface area contributed by atoms with Crippen LogP contribution >= 0.6 is 0 Å². The molecule has 0 saturated carbocycles. The summed E-state index contributed by atoms with van der Waals surface area (Å²) in [6.07, 6.45) is 3.13. The molecule has 1 amide bonds. The molecule has 0 spiro atoms. The van der Waals surface area contributed by atoms with Gasteiger partial charge >= 0.3 is 5.97 Å². The highest BCUT2D eigenvalue weighted by Crippen LogP contribution is 2.29. The predicted molar refractivity (Wildman–Crippen MR) is 111 cm³/mol. The van der Waals surface area contributed by atoms with Gasteiger partial charge in [-0.3, -0.25) is 4.79 Å². The first-order chi connectivity index (χ1) is 13.6. The van der Waals surface area contributed by atoms with E-state index in [9.17, 15) is 9.59 Å². The van der Waals surface area contributed by atoms with E-state index in [1.54, 1.807) is 0 Å². The van der Waals surface area contributed by atoms with Gasteiger partial charge in [-0.15, -0.1) is 0 Å². The van der Waals surface area contributed by atoms with Gasteiger partial charge in [0.05, 0.1) is 5.56 Å². The molecule has 0 radical (unpaired) electrons. The Balaban J connectivity index is 1.62. The number of benzene rings is 3. The summed E-state index contributed by atoms with van der Waals surface area (Å²) in [4.78, 5) is 27.6. The molecule has 1 saturated heterocycles. The van der Waals surface area contributed by atoms with E-state index >= 15 is 0 Å². The van der Waals surface area contributed by atoms with Crippen molar-refractivity contribution in [3.05, 3.63) is 60.2 Å². The first kappa shape index (κ1) is 18.5. The third kappa shape index (κ3) is 3.35. The predicted octanol–water partition coefficient (Wildman–Crippen LogP) is 4.94. The lowest BCUT2D eigenvalue weighted by atomic mass is 9.97. The highest BCUT2D eigenvalue weighted by molar-refractivity contribution is 6.16. The molecule has 2 atom stereocenters. The molecule has 4 rings (SSSR count). The monoisotopic (exact) mass is 375 g/mol. The molecule has 4 nitrogen and oxygen atoms in total. The molecule has 1 aliphatic heterocycles. The number of carbonyl (C=O) groups excluding carboxylic acids is 2. The summed E-state index contributed by atoms with van der Waals surface area (Å²) < 4.78 is 5.53. The summed E-state index contributed by atoms with van der Waals surface area (Å²) in [5.74, 6) is -0.559. The number of amides is 1. The molecule has 3 aromatic rings. The molecule has 0 bridgehead atoms. The maximum absolute atomic E-state index is 13.0. The summed E-state index contributed by atoms with van der Waals surface area (Å²) in [5.41, 5.74) is 0.529. The van der Waals surface area contributed by atoms with Gasteiger partial charge in [0.15, 0.2) is 6.61 Å². The smallest absolute Gasteiger partial charge is 0.339 e. The molecule has 0 N–H and O–H groups in total. The van der Waals surface area contributed by atoms with E-state index in [1.165, 1.54) is 0 Å². The minimum absolute atomic E-state index is 0.113. The van der Waals surface area contributed by atoms with Gasteiger partial charge in [0.2, 0.25) is 0 Å². The highest BCUT2D eigenvalue weighted by atomic mass is 16.5. The van der Waals surface area contributed by atoms with Crippen LogP contribution in [-0.2, 0) is 9.53 Å². The molecule has 0 aromatic heterocycles. The number of ether oxygens (including phenoxy) is 1. The summed E-state index contributed by atoms with van der Waals surface area (Å²) in [6.45, 7) is 3.91. The van der Waals surface area contributed by atoms with Crippen molar-refractivity contribution in [2.45, 2.75) is 45.2 Å². The lowest BCUT2D eigenvalue weighted by molar-refractivity contribution is -0.140. The molecule has 144 valence electrons. The molecule has 1 heterocycles. The van der Waals surface area contributed by atoms with Crippen molar-refractivity contribution in [2.75, 3.05) is 6.61 Å². The van der Waals surface area contributed by atoms with Gasteiger partial charge in [-0.1, -0.05) is 48.5 Å². The van der Waals surface area contributed by atoms with Gasteiger partial charge in [-0.05, 0) is 60.7 Å². The topological polar surface area (TPSA) is 46.6 Å². The van der Waals surface area contributed by atoms with E-state index in [0.717, 1.165) is 40.8 Å². The zero-order chi connectivity index (χ0) is 19.7. The van der Waals surface area contributed by atoms with Crippen LogP contribution in [0.2, 0.25) is 0 Å². The summed E-state index contributed by atoms with van der Waals surface area (Å²) >= 11 is 0. The van der Waals surface area contributed by atoms with Gasteiger partial charge in [0.1, 0.15) is 0 Å². The van der Waals surface area contributed by atoms with Crippen molar-refractivity contribution in [3.63, 3.8) is 0 Å². The fourth-order valence-corrected chi connectivity index (χ4v) is 4.42. The fraction of sp³-hybridized carbons (Fsp3) is 0.333. The average molecular weight is 375 g/mol. The second kappa shape index (κ2) is 7.63. The second-order valence-electron chi connectivity index (χ2n) is 7.70. The fourth-order valence-electron chi connectivity index (χ4n) is 4.42. The second-order valence-corrected chi connectivity index (χ2v) is 7.70. The van der Waals surface area contributed by atoms with Crippen LogP contribution in [0.15, 0.2) is 54.6 Å². The van der Waals surface area contributed by atoms with Crippen molar-refractivity contribution < 1.29 is 14.3 Å². The van der Waals surface area contributed by atoms with Crippen LogP contribution in [0.5, 0.6) is 0 Å². The Bertz CT molecular complexity index is 978. The van der Waals surface area contributed by atoms with Gasteiger partial charge in [-0.25, -0.2) is 4.79 Å². The van der Waals surface area contributed by atoms with Gasteiger partial charge < -0.3 is 9.64 Å². The number of rotatable bonds is 3. The molecular formula is C24H25NO3. The van der Waals surface area contributed by atoms with Crippen LogP contribution in [0.4, 0.5) is 0 Å². The zero-order valence-electron chi connectivity index (χ0n) is 16.4. The molecule has 0 aliphatic carbocycles. The van der Waals surface area contributed by atoms with Gasteiger partial charge in [0, 0.05) is 12.1 Å². The molecule has 3 aromatic carbocycles. The number of likely N-dealkylation sites (tertiary alicyclic amines) is 1. The van der Waals surface area contributed by atoms with Crippen LogP contribution in [0.1, 0.15) is 43.5 Å². The molecule has 28 heavy (non-hydrogen) atoms. The van der Waals surface area contributed by atoms with Crippen molar-refractivity contribution in [1.82, 2.24) is 4.90 Å². The molecule has 0 unspecified atom stereocenters. The first-order valence-corrected chi connectivity index (χ1v) is 9.95. The number of carbonyl (C=O) groups is 2. The van der Waals surface area contributed by atoms with Crippen molar-refractivity contribution in [3.8, 4) is 0 Å². The van der Waals surface area contributed by atoms with Crippen LogP contribution < -0.4 is 0 Å². The van der Waals surface area contributed by atoms with E-state index in [-0.39, 0.29) is 24.6 Å². The molecule has 4 heteroatoms. The first-order valence-electron chi connectivity index (χ1n) is 9.95. The third-order valence-electron chi connectivity index (χ3n) is 5.78. The SMILES string of the molecule is C[C@H]1CCC[C@H](C)N1C(=O)COC(=O)c1c2ccccc2cc2ccccc12. The number of piperidine rings is 1. The number of hydrogen-bond acceptors (Lipinski definition) is 3. The lowest BCUT2D eigenvalue weighted by Gasteiger charge is -2.38. The van der Waals surface area contributed by atoms with Gasteiger partial charge in [-0.2, -0.15) is 0 Å². The maximum atomic E-state index is 13.0. The minimum atomic E-state index is -0.446. The average Bonchev–Trinajstić information content (AvgIpc) is 2.70. The van der Waals surface area contributed by atoms with Gasteiger partial charge in [0.25, 0.3) is 5.91 Å². The summed E-state index contributed by atoms with van der Waals surface area (Å²) in [7, 11) is 0. The highest BCUT2D eigenvalue weighted by Gasteiger charge is 2.29. The zero-order valence-corrected chi connectivity index (χ0v) is 16.4. The third-order valence-corrected chi connectivity index (χ3v) is 5.78. The minimum Gasteiger partial charge on any atom is -0.452 e. The quantitative estimate of drug-likeness (QED) is 0.481. The standard InChI is InChI=1S/C24H25NO3/c1-16-8-7-9-17(2)25(16)22(26)15-28-24(27)23-20-12-5-3-10-18(20)14-19-11-4-6-13-21(19)23/h3-6,10-14,16-17H,7-9,15H2,1-2H3/t16-,17-/m0/s1. The Labute approximate surface area is 165 Å². The van der Waals surface area contributed by atoms with Crippen LogP contribution in [0, 0.1) is 0 Å². The Kier molecular flexibility index (Phi) is 5.03. The van der Waals surface area contributed by atoms with E-state index in [0.29, 0.717) is 5.56 Å². The Hall–Kier alpha value is -2.88. The van der Waals surface area contributed by atoms with Crippen LogP contribution in [0.25, 0.3) is 21.5 Å². The lowest BCUT2D eigenvalue weighted by Crippen LogP contribution is -2.49. The Morgan fingerprint density at radius 3 is 2.04 bits per heavy atom. The largest absolute Gasteiger partial charge is 0.452 e. The molecular weight excluding hydrogens is 350 g/mol. The number of nitrogens with zero attached hydrogens (tertiary/aromatic N) is 1. The van der Waals surface area contributed by atoms with E-state index in [2.05, 4.69) is 19.9 Å². The van der Waals surface area contributed by atoms with E-state index in [4.69, 9.17) is 4.74 Å². The van der Waals surface area contributed by atoms with Crippen molar-refractivity contribution in [2.24, 2.45) is 0 Å². The maximum Gasteiger partial charge on any atom is 0.339 e. The number of esters is 1. The van der Waals surface area contributed by atoms with Crippen LogP contribution in [0.3, 0.4) is 0 Å². The normalized spacial score (nSPS) is 19.7. The van der Waals surface area contributed by atoms with Crippen molar-refractivity contribution >= 4 is 33.4 Å². The van der Waals surface area contributed by atoms with E-state index < -0.39 is 5.97 Å². The van der Waals surface area contributed by atoms with Crippen molar-refractivity contribution in [1.29, 1.82) is 0 Å². The Morgan fingerprint density at radius 2 is 1.46 bits per heavy atom. The molecule has 1 fully saturated rings. The number of fused-ring (bicyclic) bond motifs is 2. The van der Waals surface area contributed by atoms with E-state index in [1.807, 2.05) is 53.4 Å². The molecule has 1 aliphatic rings. The summed E-state index contributed by atoms with van der Waals surface area (Å²) in [5, 5.41) is 3.66. The Morgan fingerprint density at radius 1 is 0.929 bits per heavy atom. The summed E-state index contributed by atoms with van der Waals surface area (Å²) in [6, 6.07) is 18.0. The number of hydrogen-bond donors (Lipinski definition) is 0. The van der Waals surface area contributed by atoms with Crippen LogP contribution in [-0.4, -0.2) is 35.5 Å².